The van der Waals surface area contributed by atoms with E-state index in [9.17, 15) is 15.0 Å². The summed E-state index contributed by atoms with van der Waals surface area (Å²) < 4.78 is 5.70. The summed E-state index contributed by atoms with van der Waals surface area (Å²) in [5, 5.41) is 23.7. The average molecular weight is 675 g/mol. The van der Waals surface area contributed by atoms with E-state index in [2.05, 4.69) is 51.8 Å². The lowest BCUT2D eigenvalue weighted by Gasteiger charge is -2.12. The van der Waals surface area contributed by atoms with Gasteiger partial charge in [0.2, 0.25) is 0 Å². The molecule has 0 saturated heterocycles. The van der Waals surface area contributed by atoms with E-state index in [0.29, 0.717) is 25.4 Å². The lowest BCUT2D eigenvalue weighted by molar-refractivity contribution is -0.143. The highest BCUT2D eigenvalue weighted by atomic mass is 16.5. The van der Waals surface area contributed by atoms with Crippen LogP contribution in [0.2, 0.25) is 0 Å². The molecule has 1 aliphatic carbocycles. The standard InChI is InChI=1S/C42H50N4O4/c1-9-28-24(5)33-19-37-31(21-47)26(7)32(44-37)18-34-25(6)29(13-14-39(49)50-16-15-23(4)12-10-11-22(2)3)41(45-34)30-17-38(48)40-27(8)35(46-42(30)40)20-36(28)43-33/h11,18-20,23,43,47-48H,9-10,12-17,21H2,1-8H3. The molecule has 8 nitrogen and oxygen atoms in total. The van der Waals surface area contributed by atoms with E-state index >= 15 is 0 Å². The smallest absolute Gasteiger partial charge is 0.306 e. The van der Waals surface area contributed by atoms with E-state index in [1.54, 1.807) is 0 Å². The molecule has 50 heavy (non-hydrogen) atoms. The fourth-order valence-electron chi connectivity index (χ4n) is 7.48. The molecule has 0 saturated carbocycles. The lowest BCUT2D eigenvalue weighted by Crippen LogP contribution is -2.15. The Labute approximate surface area is 295 Å². The van der Waals surface area contributed by atoms with Gasteiger partial charge in [-0.2, -0.15) is 0 Å². The Balaban J connectivity index is 1.38. The van der Waals surface area contributed by atoms with Crippen molar-refractivity contribution in [3.63, 3.8) is 0 Å². The first-order valence-corrected chi connectivity index (χ1v) is 18.0. The molecule has 6 rings (SSSR count). The highest BCUT2D eigenvalue weighted by molar-refractivity contribution is 6.25. The van der Waals surface area contributed by atoms with Crippen molar-refractivity contribution in [3.05, 3.63) is 101 Å². The number of fused-ring (bicyclic) bond motifs is 5. The van der Waals surface area contributed by atoms with E-state index in [0.717, 1.165) is 115 Å². The van der Waals surface area contributed by atoms with Gasteiger partial charge in [0, 0.05) is 40.3 Å². The summed E-state index contributed by atoms with van der Waals surface area (Å²) in [5.74, 6) is 0.536. The number of aliphatic hydroxyl groups excluding tert-OH is 2. The molecule has 4 aliphatic heterocycles. The van der Waals surface area contributed by atoms with Crippen LogP contribution in [0.5, 0.6) is 0 Å². The van der Waals surface area contributed by atoms with Crippen molar-refractivity contribution in [2.45, 2.75) is 100 Å². The SMILES string of the molecule is CCc1c(C)c2[nH]c1=CC1=C(C)C3=C(O)CC(=C4N=C(C=C5N=C(C=2)C(CO)=C5C)C(C)=C4CCC(=O)OCCC(C)CCC=C(C)C)C3=N1. The number of carbonyl (C=O) groups excluding carboxylic acids is 1. The zero-order valence-electron chi connectivity index (χ0n) is 30.8. The molecule has 0 amide bonds. The van der Waals surface area contributed by atoms with Gasteiger partial charge in [-0.3, -0.25) is 4.79 Å². The normalized spacial score (nSPS) is 18.7. The van der Waals surface area contributed by atoms with Crippen LogP contribution in [0, 0.1) is 12.8 Å². The van der Waals surface area contributed by atoms with Gasteiger partial charge >= 0.3 is 5.97 Å². The number of carbonyl (C=O) groups is 1. The van der Waals surface area contributed by atoms with Gasteiger partial charge in [0.15, 0.2) is 0 Å². The maximum absolute atomic E-state index is 13.0. The number of esters is 1. The van der Waals surface area contributed by atoms with Crippen molar-refractivity contribution in [1.82, 2.24) is 4.98 Å². The number of ether oxygens (including phenoxy) is 1. The summed E-state index contributed by atoms with van der Waals surface area (Å²) >= 11 is 0. The first-order chi connectivity index (χ1) is 23.9. The molecular formula is C42H50N4O4. The maximum atomic E-state index is 13.0. The minimum absolute atomic E-state index is 0.132. The summed E-state index contributed by atoms with van der Waals surface area (Å²) in [7, 11) is 0. The number of rotatable bonds is 11. The van der Waals surface area contributed by atoms with Gasteiger partial charge in [-0.25, -0.2) is 15.0 Å². The third-order valence-corrected chi connectivity index (χ3v) is 10.6. The molecule has 0 aromatic carbocycles. The van der Waals surface area contributed by atoms with Crippen LogP contribution in [0.4, 0.5) is 0 Å². The average Bonchev–Trinajstić information content (AvgIpc) is 3.82. The second-order valence-electron chi connectivity index (χ2n) is 14.4. The molecule has 8 heteroatoms. The van der Waals surface area contributed by atoms with E-state index in [-0.39, 0.29) is 24.8 Å². The molecule has 262 valence electrons. The van der Waals surface area contributed by atoms with Gasteiger partial charge in [0.1, 0.15) is 5.76 Å². The van der Waals surface area contributed by atoms with Gasteiger partial charge in [-0.15, -0.1) is 0 Å². The number of aliphatic imine (C=N–C) groups is 3. The van der Waals surface area contributed by atoms with Crippen molar-refractivity contribution < 1.29 is 19.7 Å². The second-order valence-corrected chi connectivity index (χ2v) is 14.4. The number of H-pyrrole nitrogens is 1. The number of nitrogens with one attached hydrogen (secondary N) is 1. The van der Waals surface area contributed by atoms with Crippen LogP contribution in [0.25, 0.3) is 12.2 Å². The van der Waals surface area contributed by atoms with Crippen LogP contribution in [0.15, 0.2) is 94.6 Å². The van der Waals surface area contributed by atoms with Crippen molar-refractivity contribution >= 4 is 35.3 Å². The number of hydrogen-bond acceptors (Lipinski definition) is 7. The summed E-state index contributed by atoms with van der Waals surface area (Å²) in [6.07, 6.45) is 13.1. The minimum Gasteiger partial charge on any atom is -0.511 e. The molecule has 3 N–H and O–H groups in total. The fourth-order valence-corrected chi connectivity index (χ4v) is 7.48. The Kier molecular flexibility index (Phi) is 10.1. The summed E-state index contributed by atoms with van der Waals surface area (Å²) in [5.41, 5.74) is 14.3. The Morgan fingerprint density at radius 3 is 2.48 bits per heavy atom. The van der Waals surface area contributed by atoms with E-state index in [1.807, 2.05) is 32.9 Å². The van der Waals surface area contributed by atoms with Crippen LogP contribution < -0.4 is 10.7 Å². The number of nitrogens with zero attached hydrogens (tertiary/aromatic N) is 3. The summed E-state index contributed by atoms with van der Waals surface area (Å²) in [6, 6.07) is 0. The van der Waals surface area contributed by atoms with Crippen LogP contribution in [-0.2, 0) is 16.0 Å². The minimum atomic E-state index is -0.226. The Hall–Kier alpha value is -4.56. The van der Waals surface area contributed by atoms with E-state index in [1.165, 1.54) is 11.1 Å². The molecule has 5 aliphatic rings. The number of aromatic amines is 1. The molecule has 0 spiro atoms. The lowest BCUT2D eigenvalue weighted by atomic mass is 9.95. The van der Waals surface area contributed by atoms with Gasteiger partial charge in [0.05, 0.1) is 47.4 Å². The van der Waals surface area contributed by atoms with Gasteiger partial charge in [-0.05, 0) is 131 Å². The van der Waals surface area contributed by atoms with Crippen molar-refractivity contribution in [1.29, 1.82) is 0 Å². The third kappa shape index (κ3) is 6.65. The molecule has 1 aromatic rings. The largest absolute Gasteiger partial charge is 0.511 e. The van der Waals surface area contributed by atoms with E-state index < -0.39 is 0 Å². The number of aliphatic hydroxyl groups is 2. The topological polar surface area (TPSA) is 120 Å². The molecule has 1 unspecified atom stereocenters. The molecule has 1 aromatic heterocycles. The zero-order valence-corrected chi connectivity index (χ0v) is 30.8. The zero-order chi connectivity index (χ0) is 35.9. The summed E-state index contributed by atoms with van der Waals surface area (Å²) in [6.45, 7) is 17.0. The van der Waals surface area contributed by atoms with Crippen LogP contribution >= 0.6 is 0 Å². The predicted octanol–water partition coefficient (Wildman–Crippen LogP) is 7.17. The Bertz CT molecular complexity index is 2110. The Morgan fingerprint density at radius 2 is 1.76 bits per heavy atom. The van der Waals surface area contributed by atoms with Gasteiger partial charge in [0.25, 0.3) is 0 Å². The first kappa shape index (κ1) is 35.3. The monoisotopic (exact) mass is 674 g/mol. The highest BCUT2D eigenvalue weighted by Gasteiger charge is 2.37. The molecule has 1 atom stereocenters. The quantitative estimate of drug-likeness (QED) is 0.170. The summed E-state index contributed by atoms with van der Waals surface area (Å²) in [4.78, 5) is 31.9. The van der Waals surface area contributed by atoms with Crippen molar-refractivity contribution in [3.8, 4) is 0 Å². The molecule has 5 heterocycles. The second kappa shape index (κ2) is 14.4. The Morgan fingerprint density at radius 1 is 0.980 bits per heavy atom. The highest BCUT2D eigenvalue weighted by Crippen LogP contribution is 2.44. The van der Waals surface area contributed by atoms with Crippen LogP contribution in [-0.4, -0.2) is 51.5 Å². The number of hydrogen-bond donors (Lipinski definition) is 3. The molecule has 0 fully saturated rings. The third-order valence-electron chi connectivity index (χ3n) is 10.6. The van der Waals surface area contributed by atoms with Crippen molar-refractivity contribution in [2.75, 3.05) is 13.2 Å². The fraction of sp³-hybridized carbons (Fsp3) is 0.429. The number of aromatic nitrogens is 1. The maximum Gasteiger partial charge on any atom is 0.306 e. The van der Waals surface area contributed by atoms with Gasteiger partial charge in [-0.1, -0.05) is 25.5 Å². The van der Waals surface area contributed by atoms with E-state index in [4.69, 9.17) is 19.7 Å². The van der Waals surface area contributed by atoms with Crippen LogP contribution in [0.3, 0.4) is 0 Å². The first-order valence-electron chi connectivity index (χ1n) is 18.0. The number of allylic oxidation sites excluding steroid dienone is 10. The predicted molar refractivity (Wildman–Crippen MR) is 203 cm³/mol. The molecular weight excluding hydrogens is 624 g/mol. The van der Waals surface area contributed by atoms with Gasteiger partial charge < -0.3 is 19.9 Å². The van der Waals surface area contributed by atoms with Crippen molar-refractivity contribution in [2.24, 2.45) is 20.9 Å². The van der Waals surface area contributed by atoms with Crippen LogP contribution in [0.1, 0.15) is 98.1 Å². The molecule has 0 radical (unpaired) electrons. The molecule has 8 bridgehead atoms.